The number of carbonyl (C=O) groups excluding carboxylic acids is 3. The molecule has 0 aromatic heterocycles. The Morgan fingerprint density at radius 2 is 1.62 bits per heavy atom. The number of hydrogen-bond acceptors (Lipinski definition) is 4. The Balaban J connectivity index is 1.51. The lowest BCUT2D eigenvalue weighted by Gasteiger charge is -2.33. The Hall–Kier alpha value is -3.93. The third kappa shape index (κ3) is 4.39. The molecule has 3 aromatic carbocycles. The molecule has 0 radical (unpaired) electrons. The summed E-state index contributed by atoms with van der Waals surface area (Å²) >= 11 is 0. The number of benzene rings is 3. The van der Waals surface area contributed by atoms with Gasteiger partial charge in [-0.2, -0.15) is 0 Å². The number of nitrogens with zero attached hydrogens (tertiary/aromatic N) is 1. The van der Waals surface area contributed by atoms with Crippen molar-refractivity contribution in [3.05, 3.63) is 95.1 Å². The maximum absolute atomic E-state index is 13.2. The smallest absolute Gasteiger partial charge is 0.303 e. The van der Waals surface area contributed by atoms with Crippen LogP contribution in [0.1, 0.15) is 51.3 Å². The molecular formula is C26H24N2O4. The summed E-state index contributed by atoms with van der Waals surface area (Å²) in [5.74, 6) is -0.674. The van der Waals surface area contributed by atoms with Crippen molar-refractivity contribution < 1.29 is 19.1 Å². The molecule has 0 saturated heterocycles. The quantitative estimate of drug-likeness (QED) is 0.600. The van der Waals surface area contributed by atoms with Crippen LogP contribution < -0.4 is 10.2 Å². The molecular weight excluding hydrogens is 404 g/mol. The van der Waals surface area contributed by atoms with Crippen LogP contribution in [0.25, 0.3) is 0 Å². The molecule has 1 aliphatic rings. The van der Waals surface area contributed by atoms with E-state index in [1.165, 1.54) is 6.92 Å². The highest BCUT2D eigenvalue weighted by Crippen LogP contribution is 2.36. The van der Waals surface area contributed by atoms with Crippen LogP contribution in [0, 0.1) is 6.92 Å². The van der Waals surface area contributed by atoms with Gasteiger partial charge in [-0.1, -0.05) is 36.4 Å². The zero-order valence-electron chi connectivity index (χ0n) is 18.0. The summed E-state index contributed by atoms with van der Waals surface area (Å²) in [6.07, 6.45) is 0.180. The van der Waals surface area contributed by atoms with Crippen LogP contribution in [0.5, 0.6) is 0 Å². The van der Waals surface area contributed by atoms with Crippen LogP contribution in [-0.4, -0.2) is 24.3 Å². The van der Waals surface area contributed by atoms with Gasteiger partial charge in [0.1, 0.15) is 6.10 Å². The third-order valence-corrected chi connectivity index (χ3v) is 5.52. The molecule has 2 amide bonds. The topological polar surface area (TPSA) is 75.7 Å². The summed E-state index contributed by atoms with van der Waals surface area (Å²) in [5, 5.41) is 2.87. The van der Waals surface area contributed by atoms with Crippen molar-refractivity contribution in [2.45, 2.75) is 26.4 Å². The second-order valence-electron chi connectivity index (χ2n) is 7.75. The summed E-state index contributed by atoms with van der Waals surface area (Å²) in [6, 6.07) is 21.7. The zero-order valence-corrected chi connectivity index (χ0v) is 18.0. The largest absolute Gasteiger partial charge is 0.458 e. The Labute approximate surface area is 186 Å². The van der Waals surface area contributed by atoms with E-state index in [1.807, 2.05) is 49.4 Å². The lowest BCUT2D eigenvalue weighted by molar-refractivity contribution is -0.147. The minimum atomic E-state index is -0.355. The Bertz CT molecular complexity index is 1170. The molecule has 0 spiro atoms. The van der Waals surface area contributed by atoms with E-state index in [2.05, 4.69) is 5.32 Å². The monoisotopic (exact) mass is 428 g/mol. The second-order valence-corrected chi connectivity index (χ2v) is 7.75. The molecule has 6 heteroatoms. The SMILES string of the molecule is CC(=O)OC1CCN(C(=O)c2ccc(NC(=O)c3ccccc3C)cc2)c2ccccc21. The van der Waals surface area contributed by atoms with Crippen molar-refractivity contribution >= 4 is 29.2 Å². The molecule has 6 nitrogen and oxygen atoms in total. The molecule has 1 N–H and O–H groups in total. The fourth-order valence-corrected chi connectivity index (χ4v) is 3.94. The second kappa shape index (κ2) is 9.06. The van der Waals surface area contributed by atoms with E-state index in [0.29, 0.717) is 29.8 Å². The average molecular weight is 428 g/mol. The van der Waals surface area contributed by atoms with Crippen molar-refractivity contribution in [2.24, 2.45) is 0 Å². The molecule has 0 saturated carbocycles. The first-order chi connectivity index (χ1) is 15.4. The average Bonchev–Trinajstić information content (AvgIpc) is 2.79. The number of aryl methyl sites for hydroxylation is 1. The van der Waals surface area contributed by atoms with Crippen molar-refractivity contribution in [2.75, 3.05) is 16.8 Å². The van der Waals surface area contributed by atoms with Crippen LogP contribution in [0.15, 0.2) is 72.8 Å². The minimum absolute atomic E-state index is 0.143. The van der Waals surface area contributed by atoms with Crippen LogP contribution in [0.2, 0.25) is 0 Å². The molecule has 162 valence electrons. The van der Waals surface area contributed by atoms with Gasteiger partial charge in [-0.05, 0) is 48.9 Å². The van der Waals surface area contributed by atoms with Crippen molar-refractivity contribution in [1.29, 1.82) is 0 Å². The number of fused-ring (bicyclic) bond motifs is 1. The van der Waals surface area contributed by atoms with E-state index >= 15 is 0 Å². The highest BCUT2D eigenvalue weighted by molar-refractivity contribution is 6.08. The minimum Gasteiger partial charge on any atom is -0.458 e. The number of rotatable bonds is 4. The molecule has 1 unspecified atom stereocenters. The maximum Gasteiger partial charge on any atom is 0.303 e. The molecule has 0 fully saturated rings. The number of hydrogen-bond donors (Lipinski definition) is 1. The van der Waals surface area contributed by atoms with E-state index in [0.717, 1.165) is 16.8 Å². The van der Waals surface area contributed by atoms with E-state index in [-0.39, 0.29) is 23.9 Å². The highest BCUT2D eigenvalue weighted by atomic mass is 16.5. The van der Waals surface area contributed by atoms with Crippen molar-refractivity contribution in [3.63, 3.8) is 0 Å². The summed E-state index contributed by atoms with van der Waals surface area (Å²) in [6.45, 7) is 3.72. The lowest BCUT2D eigenvalue weighted by atomic mass is 9.97. The van der Waals surface area contributed by atoms with Gasteiger partial charge in [0.15, 0.2) is 0 Å². The van der Waals surface area contributed by atoms with E-state index in [1.54, 1.807) is 35.2 Å². The summed E-state index contributed by atoms with van der Waals surface area (Å²) in [7, 11) is 0. The number of nitrogens with one attached hydrogen (secondary N) is 1. The normalized spacial score (nSPS) is 14.9. The summed E-state index contributed by atoms with van der Waals surface area (Å²) in [4.78, 5) is 38.9. The first-order valence-electron chi connectivity index (χ1n) is 10.5. The van der Waals surface area contributed by atoms with Gasteiger partial charge >= 0.3 is 5.97 Å². The Morgan fingerprint density at radius 1 is 0.938 bits per heavy atom. The number of esters is 1. The van der Waals surface area contributed by atoms with Gasteiger partial charge in [0.2, 0.25) is 0 Å². The molecule has 1 heterocycles. The Morgan fingerprint density at radius 3 is 2.34 bits per heavy atom. The maximum atomic E-state index is 13.2. The van der Waals surface area contributed by atoms with Crippen LogP contribution in [-0.2, 0) is 9.53 Å². The predicted octanol–water partition coefficient (Wildman–Crippen LogP) is 4.90. The molecule has 1 aliphatic heterocycles. The highest BCUT2D eigenvalue weighted by Gasteiger charge is 2.30. The number of anilines is 2. The number of amides is 2. The number of para-hydroxylation sites is 1. The van der Waals surface area contributed by atoms with Gasteiger partial charge in [0.25, 0.3) is 11.8 Å². The van der Waals surface area contributed by atoms with Gasteiger partial charge in [0.05, 0.1) is 5.69 Å². The van der Waals surface area contributed by atoms with Crippen molar-refractivity contribution in [3.8, 4) is 0 Å². The van der Waals surface area contributed by atoms with E-state index in [9.17, 15) is 14.4 Å². The van der Waals surface area contributed by atoms with Crippen LogP contribution >= 0.6 is 0 Å². The third-order valence-electron chi connectivity index (χ3n) is 5.52. The number of ether oxygens (including phenoxy) is 1. The van der Waals surface area contributed by atoms with Crippen LogP contribution in [0.3, 0.4) is 0 Å². The van der Waals surface area contributed by atoms with Crippen LogP contribution in [0.4, 0.5) is 11.4 Å². The molecule has 0 aliphatic carbocycles. The van der Waals surface area contributed by atoms with Gasteiger partial charge in [-0.3, -0.25) is 14.4 Å². The summed E-state index contributed by atoms with van der Waals surface area (Å²) < 4.78 is 5.43. The van der Waals surface area contributed by atoms with Gasteiger partial charge in [-0.25, -0.2) is 0 Å². The standard InChI is InChI=1S/C26H24N2O4/c1-17-7-3-4-8-21(17)25(30)27-20-13-11-19(12-14-20)26(31)28-16-15-24(32-18(2)29)22-9-5-6-10-23(22)28/h3-14,24H,15-16H2,1-2H3,(H,27,30). The van der Waals surface area contributed by atoms with Gasteiger partial charge < -0.3 is 15.0 Å². The number of carbonyl (C=O) groups is 3. The first kappa shape index (κ1) is 21.3. The molecule has 4 rings (SSSR count). The van der Waals surface area contributed by atoms with Gasteiger partial charge in [-0.15, -0.1) is 0 Å². The first-order valence-corrected chi connectivity index (χ1v) is 10.5. The molecule has 1 atom stereocenters. The molecule has 32 heavy (non-hydrogen) atoms. The zero-order chi connectivity index (χ0) is 22.7. The van der Waals surface area contributed by atoms with E-state index < -0.39 is 0 Å². The molecule has 0 bridgehead atoms. The van der Waals surface area contributed by atoms with Gasteiger partial charge in [0, 0.05) is 42.3 Å². The summed E-state index contributed by atoms with van der Waals surface area (Å²) in [5.41, 5.74) is 4.20. The fraction of sp³-hybridized carbons (Fsp3) is 0.192. The van der Waals surface area contributed by atoms with Crippen molar-refractivity contribution in [1.82, 2.24) is 0 Å². The Kier molecular flexibility index (Phi) is 6.03. The fourth-order valence-electron chi connectivity index (χ4n) is 3.94. The van der Waals surface area contributed by atoms with E-state index in [4.69, 9.17) is 4.74 Å². The lowest BCUT2D eigenvalue weighted by Crippen LogP contribution is -2.37. The molecule has 3 aromatic rings. The predicted molar refractivity (Wildman–Crippen MR) is 123 cm³/mol.